The van der Waals surface area contributed by atoms with Crippen molar-refractivity contribution in [1.29, 1.82) is 5.26 Å². The number of aromatic amines is 1. The molecule has 4 rings (SSSR count). The van der Waals surface area contributed by atoms with Crippen molar-refractivity contribution >= 4 is 26.7 Å². The molecule has 1 fully saturated rings. The molecule has 3 heterocycles. The standard InChI is InChI=1S/C15H15B2N5O6.C2H3N/c16-12(23)9(13(24,25)14(17,26)15(12,27)28)5-22-4-7(3-21-22)10-8-1-2-18-11(8)20-6-19-10;1-2-3/h1-4,6,9,23-28H,5H2,(H,18,19,20);1H3. The molecule has 0 bridgehead atoms. The molecule has 3 unspecified atom stereocenters. The molecule has 0 saturated heterocycles. The van der Waals surface area contributed by atoms with E-state index in [1.807, 2.05) is 0 Å². The molecule has 7 N–H and O–H groups in total. The van der Waals surface area contributed by atoms with Crippen LogP contribution in [0.5, 0.6) is 0 Å². The molecule has 1 aliphatic carbocycles. The van der Waals surface area contributed by atoms with E-state index < -0.39 is 35.0 Å². The van der Waals surface area contributed by atoms with Crippen molar-refractivity contribution in [2.24, 2.45) is 5.92 Å². The van der Waals surface area contributed by atoms with Crippen LogP contribution in [0, 0.1) is 17.2 Å². The van der Waals surface area contributed by atoms with Crippen molar-refractivity contribution in [3.63, 3.8) is 0 Å². The molecule has 0 aromatic carbocycles. The maximum Gasteiger partial charge on any atom is 0.209 e. The Hall–Kier alpha value is -2.79. The SMILES string of the molecule is CC#N.[B]C1(O)C(Cn2cc(-c3ncnc4[nH]ccc34)cn2)C(O)(O)C([B])(O)C1(O)O. The van der Waals surface area contributed by atoms with Gasteiger partial charge in [0, 0.05) is 30.3 Å². The Morgan fingerprint density at radius 1 is 1.19 bits per heavy atom. The Bertz CT molecular complexity index is 1110. The number of nitriles is 1. The van der Waals surface area contributed by atoms with Crippen LogP contribution in [-0.4, -0.2) is 93.6 Å². The number of aliphatic hydroxyl groups is 6. The molecule has 0 spiro atoms. The number of nitrogens with one attached hydrogen (secondary N) is 1. The highest BCUT2D eigenvalue weighted by Gasteiger charge is 2.77. The van der Waals surface area contributed by atoms with Crippen LogP contribution in [0.25, 0.3) is 22.3 Å². The van der Waals surface area contributed by atoms with Gasteiger partial charge in [-0.1, -0.05) is 0 Å². The molecule has 4 radical (unpaired) electrons. The summed E-state index contributed by atoms with van der Waals surface area (Å²) < 4.78 is 1.16. The van der Waals surface area contributed by atoms with E-state index in [2.05, 4.69) is 20.1 Å². The molecule has 3 aromatic heterocycles. The zero-order valence-corrected chi connectivity index (χ0v) is 16.2. The number of fused-ring (bicyclic) bond motifs is 1. The fourth-order valence-corrected chi connectivity index (χ4v) is 3.52. The van der Waals surface area contributed by atoms with Crippen molar-refractivity contribution < 1.29 is 30.6 Å². The van der Waals surface area contributed by atoms with E-state index in [9.17, 15) is 30.6 Å². The predicted molar refractivity (Wildman–Crippen MR) is 106 cm³/mol. The van der Waals surface area contributed by atoms with Gasteiger partial charge in [-0.25, -0.2) is 9.97 Å². The number of nitrogens with zero attached hydrogens (tertiary/aromatic N) is 5. The van der Waals surface area contributed by atoms with Crippen LogP contribution in [0.15, 0.2) is 31.0 Å². The quantitative estimate of drug-likeness (QED) is 0.168. The summed E-state index contributed by atoms with van der Waals surface area (Å²) in [6.07, 6.45) is 5.94. The van der Waals surface area contributed by atoms with Gasteiger partial charge in [0.25, 0.3) is 0 Å². The minimum absolute atomic E-state index is 0.524. The van der Waals surface area contributed by atoms with Gasteiger partial charge in [0.2, 0.25) is 5.79 Å². The summed E-state index contributed by atoms with van der Waals surface area (Å²) in [5, 5.41) is 72.7. The molecule has 158 valence electrons. The average Bonchev–Trinajstić information content (AvgIpc) is 3.35. The molecule has 1 aliphatic rings. The molecule has 0 aliphatic heterocycles. The van der Waals surface area contributed by atoms with Crippen LogP contribution in [0.3, 0.4) is 0 Å². The average molecular weight is 424 g/mol. The van der Waals surface area contributed by atoms with Gasteiger partial charge in [-0.15, -0.1) is 0 Å². The fourth-order valence-electron chi connectivity index (χ4n) is 3.52. The maximum atomic E-state index is 10.3. The largest absolute Gasteiger partial charge is 0.394 e. The molecule has 0 amide bonds. The second-order valence-electron chi connectivity index (χ2n) is 7.18. The number of hydrogen-bond acceptors (Lipinski definition) is 10. The first-order valence-electron chi connectivity index (χ1n) is 8.86. The lowest BCUT2D eigenvalue weighted by Gasteiger charge is -2.39. The van der Waals surface area contributed by atoms with Gasteiger partial charge in [-0.2, -0.15) is 10.4 Å². The number of H-pyrrole nitrogens is 1. The van der Waals surface area contributed by atoms with Crippen LogP contribution in [0.4, 0.5) is 0 Å². The van der Waals surface area contributed by atoms with Crippen LogP contribution in [-0.2, 0) is 6.54 Å². The first kappa shape index (κ1) is 22.9. The van der Waals surface area contributed by atoms with Gasteiger partial charge in [0.1, 0.15) is 33.2 Å². The minimum atomic E-state index is -3.62. The first-order chi connectivity index (χ1) is 14.3. The van der Waals surface area contributed by atoms with Crippen molar-refractivity contribution in [2.45, 2.75) is 36.0 Å². The van der Waals surface area contributed by atoms with Crippen molar-refractivity contribution in [3.05, 3.63) is 31.0 Å². The summed E-state index contributed by atoms with van der Waals surface area (Å²) in [6.45, 7) is 0.906. The zero-order valence-electron chi connectivity index (χ0n) is 16.2. The molecular formula is C17H18B2N6O6. The van der Waals surface area contributed by atoms with Crippen molar-refractivity contribution in [2.75, 3.05) is 0 Å². The summed E-state index contributed by atoms with van der Waals surface area (Å²) in [5.74, 6) is -8.89. The van der Waals surface area contributed by atoms with Crippen LogP contribution < -0.4 is 0 Å². The summed E-state index contributed by atoms with van der Waals surface area (Å²) in [5.41, 5.74) is -4.83. The summed E-state index contributed by atoms with van der Waals surface area (Å²) in [4.78, 5) is 11.2. The Morgan fingerprint density at radius 3 is 2.42 bits per heavy atom. The minimum Gasteiger partial charge on any atom is -0.394 e. The smallest absolute Gasteiger partial charge is 0.209 e. The lowest BCUT2D eigenvalue weighted by atomic mass is 9.66. The van der Waals surface area contributed by atoms with Crippen molar-refractivity contribution in [1.82, 2.24) is 24.7 Å². The van der Waals surface area contributed by atoms with Gasteiger partial charge >= 0.3 is 0 Å². The highest BCUT2D eigenvalue weighted by molar-refractivity contribution is 6.21. The van der Waals surface area contributed by atoms with E-state index in [0.29, 0.717) is 16.9 Å². The van der Waals surface area contributed by atoms with Crippen molar-refractivity contribution in [3.8, 4) is 17.3 Å². The van der Waals surface area contributed by atoms with Gasteiger partial charge in [-0.3, -0.25) is 4.68 Å². The first-order valence-corrected chi connectivity index (χ1v) is 8.86. The van der Waals surface area contributed by atoms with E-state index in [4.69, 9.17) is 21.0 Å². The van der Waals surface area contributed by atoms with Crippen LogP contribution in [0.2, 0.25) is 0 Å². The second kappa shape index (κ2) is 7.41. The summed E-state index contributed by atoms with van der Waals surface area (Å²) >= 11 is 0. The van der Waals surface area contributed by atoms with E-state index in [0.717, 1.165) is 10.1 Å². The Labute approximate surface area is 178 Å². The third kappa shape index (κ3) is 3.23. The molecule has 12 nitrogen and oxygen atoms in total. The monoisotopic (exact) mass is 424 g/mol. The molecule has 1 saturated carbocycles. The number of hydrogen-bond donors (Lipinski definition) is 7. The predicted octanol–water partition coefficient (Wildman–Crippen LogP) is -2.94. The number of rotatable bonds is 3. The fraction of sp³-hybridized carbons (Fsp3) is 0.412. The number of aromatic nitrogens is 5. The molecule has 14 heteroatoms. The topological polar surface area (TPSA) is 205 Å². The van der Waals surface area contributed by atoms with E-state index in [1.54, 1.807) is 18.3 Å². The molecule has 3 atom stereocenters. The van der Waals surface area contributed by atoms with Crippen LogP contribution in [0.1, 0.15) is 6.92 Å². The van der Waals surface area contributed by atoms with E-state index in [-0.39, 0.29) is 0 Å². The lowest BCUT2D eigenvalue weighted by molar-refractivity contribution is -0.322. The zero-order chi connectivity index (χ0) is 23.2. The van der Waals surface area contributed by atoms with Gasteiger partial charge < -0.3 is 35.6 Å². The maximum absolute atomic E-state index is 10.3. The molecule has 31 heavy (non-hydrogen) atoms. The Kier molecular flexibility index (Phi) is 5.47. The third-order valence-electron chi connectivity index (χ3n) is 5.30. The van der Waals surface area contributed by atoms with Gasteiger partial charge in [0.15, 0.2) is 5.79 Å². The molecule has 3 aromatic rings. The third-order valence-corrected chi connectivity index (χ3v) is 5.30. The summed E-state index contributed by atoms with van der Waals surface area (Å²) in [7, 11) is 10.8. The van der Waals surface area contributed by atoms with Gasteiger partial charge in [-0.05, 0) is 6.07 Å². The Morgan fingerprint density at radius 2 is 1.84 bits per heavy atom. The van der Waals surface area contributed by atoms with E-state index in [1.165, 1.54) is 25.6 Å². The van der Waals surface area contributed by atoms with Gasteiger partial charge in [0.05, 0.1) is 35.9 Å². The summed E-state index contributed by atoms with van der Waals surface area (Å²) in [6, 6.07) is 3.52. The normalized spacial score (nSPS) is 28.6. The molecular weight excluding hydrogens is 406 g/mol. The van der Waals surface area contributed by atoms with Crippen LogP contribution >= 0.6 is 0 Å². The highest BCUT2D eigenvalue weighted by Crippen LogP contribution is 2.51. The highest BCUT2D eigenvalue weighted by atomic mass is 16.6. The lowest BCUT2D eigenvalue weighted by Crippen LogP contribution is -2.67. The van der Waals surface area contributed by atoms with E-state index >= 15 is 0 Å². The Balaban J connectivity index is 0.000000858. The second-order valence-corrected chi connectivity index (χ2v) is 7.18.